The number of amides is 1. The zero-order valence-corrected chi connectivity index (χ0v) is 12.4. The average Bonchev–Trinajstić information content (AvgIpc) is 3.22. The van der Waals surface area contributed by atoms with E-state index < -0.39 is 0 Å². The Morgan fingerprint density at radius 3 is 2.71 bits per heavy atom. The van der Waals surface area contributed by atoms with E-state index in [9.17, 15) is 4.79 Å². The van der Waals surface area contributed by atoms with Crippen molar-refractivity contribution in [2.75, 3.05) is 26.4 Å². The van der Waals surface area contributed by atoms with Crippen molar-refractivity contribution in [3.8, 4) is 0 Å². The van der Waals surface area contributed by atoms with Crippen molar-refractivity contribution >= 4 is 5.91 Å². The van der Waals surface area contributed by atoms with Crippen molar-refractivity contribution in [2.45, 2.75) is 37.8 Å². The minimum absolute atomic E-state index is 0.152. The van der Waals surface area contributed by atoms with Crippen LogP contribution in [0.5, 0.6) is 0 Å². The molecule has 2 atom stereocenters. The Morgan fingerprint density at radius 1 is 1.19 bits per heavy atom. The van der Waals surface area contributed by atoms with Crippen LogP contribution < -0.4 is 0 Å². The molecule has 1 aromatic rings. The summed E-state index contributed by atoms with van der Waals surface area (Å²) >= 11 is 0. The van der Waals surface area contributed by atoms with Gasteiger partial charge < -0.3 is 14.4 Å². The van der Waals surface area contributed by atoms with Crippen LogP contribution in [0.1, 0.15) is 24.8 Å². The van der Waals surface area contributed by atoms with Crippen molar-refractivity contribution in [1.82, 2.24) is 4.90 Å². The van der Waals surface area contributed by atoms with E-state index in [-0.39, 0.29) is 18.1 Å². The number of carbonyl (C=O) groups is 1. The first kappa shape index (κ1) is 14.5. The summed E-state index contributed by atoms with van der Waals surface area (Å²) in [4.78, 5) is 14.7. The molecule has 114 valence electrons. The first-order chi connectivity index (χ1) is 10.3. The summed E-state index contributed by atoms with van der Waals surface area (Å²) in [5, 5.41) is 0. The van der Waals surface area contributed by atoms with E-state index in [1.165, 1.54) is 5.56 Å². The van der Waals surface area contributed by atoms with Gasteiger partial charge in [-0.2, -0.15) is 0 Å². The number of hydrogen-bond donors (Lipinski definition) is 0. The monoisotopic (exact) mass is 289 g/mol. The lowest BCUT2D eigenvalue weighted by Crippen LogP contribution is -2.46. The minimum Gasteiger partial charge on any atom is -0.379 e. The molecule has 0 aromatic heterocycles. The van der Waals surface area contributed by atoms with E-state index in [1.54, 1.807) is 0 Å². The van der Waals surface area contributed by atoms with Crippen LogP contribution in [-0.4, -0.2) is 49.3 Å². The summed E-state index contributed by atoms with van der Waals surface area (Å²) < 4.78 is 11.0. The van der Waals surface area contributed by atoms with Gasteiger partial charge >= 0.3 is 0 Å². The first-order valence-corrected chi connectivity index (χ1v) is 7.88. The van der Waals surface area contributed by atoms with E-state index in [4.69, 9.17) is 9.47 Å². The molecule has 0 spiro atoms. The van der Waals surface area contributed by atoms with Gasteiger partial charge in [0.2, 0.25) is 0 Å². The number of nitrogens with zero attached hydrogens (tertiary/aromatic N) is 1. The van der Waals surface area contributed by atoms with Gasteiger partial charge in [-0.25, -0.2) is 0 Å². The van der Waals surface area contributed by atoms with E-state index in [0.29, 0.717) is 13.2 Å². The van der Waals surface area contributed by atoms with Crippen LogP contribution >= 0.6 is 0 Å². The highest BCUT2D eigenvalue weighted by Crippen LogP contribution is 2.20. The average molecular weight is 289 g/mol. The number of ether oxygens (including phenoxy) is 2. The van der Waals surface area contributed by atoms with Crippen LogP contribution in [-0.2, 0) is 20.7 Å². The highest BCUT2D eigenvalue weighted by atomic mass is 16.5. The van der Waals surface area contributed by atoms with Crippen LogP contribution in [0.2, 0.25) is 0 Å². The van der Waals surface area contributed by atoms with Gasteiger partial charge in [-0.15, -0.1) is 0 Å². The summed E-state index contributed by atoms with van der Waals surface area (Å²) in [6.45, 7) is 2.87. The molecule has 0 bridgehead atoms. The Balaban J connectivity index is 1.65. The number of carbonyl (C=O) groups excluding carboxylic acids is 1. The molecule has 3 rings (SSSR count). The van der Waals surface area contributed by atoms with Crippen molar-refractivity contribution in [1.29, 1.82) is 0 Å². The second-order valence-corrected chi connectivity index (χ2v) is 5.79. The molecule has 0 saturated carbocycles. The molecule has 4 heteroatoms. The van der Waals surface area contributed by atoms with Gasteiger partial charge in [-0.1, -0.05) is 30.3 Å². The fourth-order valence-electron chi connectivity index (χ4n) is 3.09. The van der Waals surface area contributed by atoms with Gasteiger partial charge in [-0.3, -0.25) is 4.79 Å². The lowest BCUT2D eigenvalue weighted by Gasteiger charge is -2.30. The maximum Gasteiger partial charge on any atom is 0.252 e. The molecule has 2 saturated heterocycles. The lowest BCUT2D eigenvalue weighted by atomic mass is 10.1. The molecule has 0 radical (unpaired) electrons. The molecular formula is C17H23NO3. The maximum atomic E-state index is 12.7. The Morgan fingerprint density at radius 2 is 2.05 bits per heavy atom. The molecule has 2 fully saturated rings. The first-order valence-electron chi connectivity index (χ1n) is 7.88. The lowest BCUT2D eigenvalue weighted by molar-refractivity contribution is -0.143. The summed E-state index contributed by atoms with van der Waals surface area (Å²) in [6.07, 6.45) is 3.43. The van der Waals surface area contributed by atoms with Crippen molar-refractivity contribution in [2.24, 2.45) is 0 Å². The summed E-state index contributed by atoms with van der Waals surface area (Å²) in [5.41, 5.74) is 1.27. The minimum atomic E-state index is -0.235. The number of rotatable bonds is 5. The summed E-state index contributed by atoms with van der Waals surface area (Å²) in [6, 6.07) is 10.5. The predicted octanol–water partition coefficient (Wildman–Crippen LogP) is 2.03. The molecule has 2 aliphatic rings. The third kappa shape index (κ3) is 3.63. The van der Waals surface area contributed by atoms with Crippen LogP contribution in [0.25, 0.3) is 0 Å². The highest BCUT2D eigenvalue weighted by Gasteiger charge is 2.33. The molecule has 0 aliphatic carbocycles. The van der Waals surface area contributed by atoms with E-state index in [0.717, 1.165) is 38.8 Å². The van der Waals surface area contributed by atoms with Crippen molar-refractivity contribution < 1.29 is 14.3 Å². The van der Waals surface area contributed by atoms with E-state index >= 15 is 0 Å². The zero-order valence-electron chi connectivity index (χ0n) is 12.4. The molecule has 1 aromatic carbocycles. The predicted molar refractivity (Wildman–Crippen MR) is 80.1 cm³/mol. The third-order valence-electron chi connectivity index (χ3n) is 4.32. The van der Waals surface area contributed by atoms with Crippen molar-refractivity contribution in [3.05, 3.63) is 35.9 Å². The zero-order chi connectivity index (χ0) is 14.5. The standard InChI is InChI=1S/C17H23NO3/c19-17(16-7-4-11-21-16)18(15-9-12-20-13-15)10-8-14-5-2-1-3-6-14/h1-3,5-6,15-16H,4,7-13H2/t15-,16+/m0/s1. The van der Waals surface area contributed by atoms with Gasteiger partial charge in [-0.05, 0) is 31.2 Å². The van der Waals surface area contributed by atoms with Crippen molar-refractivity contribution in [3.63, 3.8) is 0 Å². The summed E-state index contributed by atoms with van der Waals surface area (Å²) in [5.74, 6) is 0.152. The van der Waals surface area contributed by atoms with E-state index in [2.05, 4.69) is 12.1 Å². The second-order valence-electron chi connectivity index (χ2n) is 5.79. The normalized spacial score (nSPS) is 25.1. The Bertz CT molecular complexity index is 450. The van der Waals surface area contributed by atoms with Crippen LogP contribution in [0, 0.1) is 0 Å². The molecule has 4 nitrogen and oxygen atoms in total. The molecule has 2 aliphatic heterocycles. The molecule has 2 heterocycles. The second kappa shape index (κ2) is 7.05. The maximum absolute atomic E-state index is 12.7. The Hall–Kier alpha value is -1.39. The molecule has 0 N–H and O–H groups in total. The largest absolute Gasteiger partial charge is 0.379 e. The highest BCUT2D eigenvalue weighted by molar-refractivity contribution is 5.81. The number of hydrogen-bond acceptors (Lipinski definition) is 3. The van der Waals surface area contributed by atoms with Crippen LogP contribution in [0.4, 0.5) is 0 Å². The topological polar surface area (TPSA) is 38.8 Å². The number of benzene rings is 1. The molecule has 1 amide bonds. The van der Waals surface area contributed by atoms with Gasteiger partial charge in [0, 0.05) is 19.8 Å². The van der Waals surface area contributed by atoms with Gasteiger partial charge in [0.15, 0.2) is 0 Å². The van der Waals surface area contributed by atoms with Crippen LogP contribution in [0.3, 0.4) is 0 Å². The van der Waals surface area contributed by atoms with Crippen LogP contribution in [0.15, 0.2) is 30.3 Å². The smallest absolute Gasteiger partial charge is 0.252 e. The quantitative estimate of drug-likeness (QED) is 0.832. The fraction of sp³-hybridized carbons (Fsp3) is 0.588. The molecular weight excluding hydrogens is 266 g/mol. The van der Waals surface area contributed by atoms with Gasteiger partial charge in [0.05, 0.1) is 12.6 Å². The Labute approximate surface area is 126 Å². The molecule has 0 unspecified atom stereocenters. The Kier molecular flexibility index (Phi) is 4.88. The third-order valence-corrected chi connectivity index (χ3v) is 4.32. The van der Waals surface area contributed by atoms with Gasteiger partial charge in [0.25, 0.3) is 5.91 Å². The molecule has 21 heavy (non-hydrogen) atoms. The summed E-state index contributed by atoms with van der Waals surface area (Å²) in [7, 11) is 0. The van der Waals surface area contributed by atoms with Gasteiger partial charge in [0.1, 0.15) is 6.10 Å². The van der Waals surface area contributed by atoms with E-state index in [1.807, 2.05) is 23.1 Å². The fourth-order valence-corrected chi connectivity index (χ4v) is 3.09. The SMILES string of the molecule is O=C([C@H]1CCCO1)N(CCc1ccccc1)[C@H]1CCOC1.